The van der Waals surface area contributed by atoms with Crippen LogP contribution in [-0.4, -0.2) is 9.97 Å². The van der Waals surface area contributed by atoms with Gasteiger partial charge in [-0.05, 0) is 30.7 Å². The fourth-order valence-corrected chi connectivity index (χ4v) is 2.33. The number of rotatable bonds is 3. The number of aromatic nitrogens is 2. The Labute approximate surface area is 121 Å². The Kier molecular flexibility index (Phi) is 4.38. The first-order valence-corrected chi connectivity index (χ1v) is 6.82. The van der Waals surface area contributed by atoms with E-state index in [0.717, 1.165) is 29.9 Å². The third-order valence-electron chi connectivity index (χ3n) is 2.50. The molecule has 0 unspecified atom stereocenters. The van der Waals surface area contributed by atoms with Crippen LogP contribution < -0.4 is 0 Å². The Balaban J connectivity index is 2.56. The van der Waals surface area contributed by atoms with Gasteiger partial charge in [-0.15, -0.1) is 0 Å². The third-order valence-corrected chi connectivity index (χ3v) is 3.27. The number of H-pyrrole nitrogens is 1. The summed E-state index contributed by atoms with van der Waals surface area (Å²) in [7, 11) is 0. The second kappa shape index (κ2) is 5.83. The molecule has 94 valence electrons. The molecule has 0 bridgehead atoms. The maximum Gasteiger partial charge on any atom is 0.130 e. The molecule has 0 saturated carbocycles. The highest BCUT2D eigenvalue weighted by atomic mass is 35.5. The van der Waals surface area contributed by atoms with E-state index in [1.807, 2.05) is 6.07 Å². The van der Waals surface area contributed by atoms with Crippen LogP contribution in [0, 0.1) is 4.64 Å². The van der Waals surface area contributed by atoms with Crippen LogP contribution in [0.3, 0.4) is 0 Å². The van der Waals surface area contributed by atoms with E-state index in [9.17, 15) is 0 Å². The molecule has 0 radical (unpaired) electrons. The predicted molar refractivity (Wildman–Crippen MR) is 78.9 cm³/mol. The molecule has 0 aliphatic carbocycles. The number of benzene rings is 1. The molecule has 0 atom stereocenters. The Morgan fingerprint density at radius 3 is 2.78 bits per heavy atom. The predicted octanol–water partition coefficient (Wildman–Crippen LogP) is 5.07. The molecule has 0 fully saturated rings. The quantitative estimate of drug-likeness (QED) is 0.802. The Morgan fingerprint density at radius 2 is 2.06 bits per heavy atom. The van der Waals surface area contributed by atoms with Crippen LogP contribution in [0.1, 0.15) is 19.2 Å². The average molecular weight is 299 g/mol. The lowest BCUT2D eigenvalue weighted by atomic mass is 10.1. The van der Waals surface area contributed by atoms with Crippen molar-refractivity contribution < 1.29 is 0 Å². The molecular weight excluding hydrogens is 287 g/mol. The van der Waals surface area contributed by atoms with Gasteiger partial charge in [0.1, 0.15) is 10.5 Å². The number of hydrogen-bond donors (Lipinski definition) is 1. The first-order chi connectivity index (χ1) is 8.60. The minimum Gasteiger partial charge on any atom is -0.343 e. The molecular formula is C13H12Cl2N2S. The van der Waals surface area contributed by atoms with Gasteiger partial charge < -0.3 is 4.98 Å². The van der Waals surface area contributed by atoms with Gasteiger partial charge >= 0.3 is 0 Å². The summed E-state index contributed by atoms with van der Waals surface area (Å²) in [6, 6.07) is 7.15. The molecule has 1 aromatic carbocycles. The number of nitrogens with zero attached hydrogens (tertiary/aromatic N) is 1. The van der Waals surface area contributed by atoms with Crippen molar-refractivity contribution >= 4 is 35.4 Å². The van der Waals surface area contributed by atoms with E-state index in [1.165, 1.54) is 0 Å². The molecule has 2 aromatic rings. The molecule has 0 amide bonds. The van der Waals surface area contributed by atoms with Gasteiger partial charge in [0.25, 0.3) is 0 Å². The zero-order valence-electron chi connectivity index (χ0n) is 9.84. The summed E-state index contributed by atoms with van der Waals surface area (Å²) in [6.07, 6.45) is 1.86. The molecule has 1 heterocycles. The first-order valence-electron chi connectivity index (χ1n) is 5.66. The lowest BCUT2D eigenvalue weighted by Crippen LogP contribution is -1.97. The maximum atomic E-state index is 6.18. The van der Waals surface area contributed by atoms with E-state index in [2.05, 4.69) is 16.9 Å². The van der Waals surface area contributed by atoms with E-state index >= 15 is 0 Å². The van der Waals surface area contributed by atoms with Crippen LogP contribution in [0.5, 0.6) is 0 Å². The number of nitrogens with one attached hydrogen (secondary N) is 1. The highest BCUT2D eigenvalue weighted by Gasteiger charge is 2.07. The number of hydrogen-bond acceptors (Lipinski definition) is 2. The summed E-state index contributed by atoms with van der Waals surface area (Å²) in [5.74, 6) is 0.871. The summed E-state index contributed by atoms with van der Waals surface area (Å²) in [6.45, 7) is 2.09. The van der Waals surface area contributed by atoms with Crippen molar-refractivity contribution in [1.29, 1.82) is 0 Å². The SMILES string of the molecule is CCCc1nc(=S)cc(-c2cc(Cl)ccc2Cl)[nH]1. The minimum absolute atomic E-state index is 0.559. The van der Waals surface area contributed by atoms with Gasteiger partial charge in [0, 0.05) is 22.0 Å². The number of aromatic amines is 1. The summed E-state index contributed by atoms with van der Waals surface area (Å²) < 4.78 is 0.559. The molecule has 0 aliphatic heterocycles. The molecule has 0 spiro atoms. The van der Waals surface area contributed by atoms with Crippen molar-refractivity contribution in [3.8, 4) is 11.3 Å². The molecule has 0 aliphatic rings. The molecule has 18 heavy (non-hydrogen) atoms. The van der Waals surface area contributed by atoms with E-state index in [-0.39, 0.29) is 0 Å². The van der Waals surface area contributed by atoms with E-state index < -0.39 is 0 Å². The van der Waals surface area contributed by atoms with Crippen LogP contribution in [0.2, 0.25) is 10.0 Å². The van der Waals surface area contributed by atoms with Crippen LogP contribution in [0.4, 0.5) is 0 Å². The molecule has 5 heteroatoms. The van der Waals surface area contributed by atoms with Crippen molar-refractivity contribution in [2.24, 2.45) is 0 Å². The normalized spacial score (nSPS) is 10.6. The van der Waals surface area contributed by atoms with Gasteiger partial charge in [-0.2, -0.15) is 0 Å². The van der Waals surface area contributed by atoms with Gasteiger partial charge in [-0.1, -0.05) is 42.3 Å². The first kappa shape index (κ1) is 13.5. The standard InChI is InChI=1S/C13H12Cl2N2S/c1-2-3-12-16-11(7-13(18)17-12)9-6-8(14)4-5-10(9)15/h4-7H,2-3H2,1H3,(H,16,17,18). The van der Waals surface area contributed by atoms with Crippen LogP contribution in [-0.2, 0) is 6.42 Å². The molecule has 2 rings (SSSR count). The van der Waals surface area contributed by atoms with Crippen molar-refractivity contribution in [2.45, 2.75) is 19.8 Å². The van der Waals surface area contributed by atoms with Crippen LogP contribution in [0.25, 0.3) is 11.3 Å². The lowest BCUT2D eigenvalue weighted by molar-refractivity contribution is 0.833. The van der Waals surface area contributed by atoms with Gasteiger partial charge in [-0.25, -0.2) is 4.98 Å². The van der Waals surface area contributed by atoms with Crippen LogP contribution in [0.15, 0.2) is 24.3 Å². The Hall–Kier alpha value is -0.900. The van der Waals surface area contributed by atoms with Crippen molar-refractivity contribution in [1.82, 2.24) is 9.97 Å². The van der Waals surface area contributed by atoms with Crippen molar-refractivity contribution in [3.05, 3.63) is 44.8 Å². The Bertz CT molecular complexity index is 623. The second-order valence-corrected chi connectivity index (χ2v) is 5.22. The lowest BCUT2D eigenvalue weighted by Gasteiger charge is -2.07. The Morgan fingerprint density at radius 1 is 1.28 bits per heavy atom. The number of aryl methyl sites for hydroxylation is 1. The highest BCUT2D eigenvalue weighted by Crippen LogP contribution is 2.29. The smallest absolute Gasteiger partial charge is 0.130 e. The van der Waals surface area contributed by atoms with Gasteiger partial charge in [0.2, 0.25) is 0 Å². The maximum absolute atomic E-state index is 6.18. The van der Waals surface area contributed by atoms with Gasteiger partial charge in [-0.3, -0.25) is 0 Å². The monoisotopic (exact) mass is 298 g/mol. The van der Waals surface area contributed by atoms with Crippen molar-refractivity contribution in [2.75, 3.05) is 0 Å². The van der Waals surface area contributed by atoms with Gasteiger partial charge in [0.15, 0.2) is 0 Å². The van der Waals surface area contributed by atoms with E-state index in [1.54, 1.807) is 18.2 Å². The second-order valence-electron chi connectivity index (χ2n) is 3.95. The molecule has 1 N–H and O–H groups in total. The van der Waals surface area contributed by atoms with Crippen molar-refractivity contribution in [3.63, 3.8) is 0 Å². The average Bonchev–Trinajstić information content (AvgIpc) is 2.32. The van der Waals surface area contributed by atoms with E-state index in [4.69, 9.17) is 35.4 Å². The van der Waals surface area contributed by atoms with Gasteiger partial charge in [0.05, 0.1) is 5.69 Å². The molecule has 0 saturated heterocycles. The topological polar surface area (TPSA) is 28.7 Å². The fraction of sp³-hybridized carbons (Fsp3) is 0.231. The summed E-state index contributed by atoms with van der Waals surface area (Å²) in [4.78, 5) is 7.53. The summed E-state index contributed by atoms with van der Waals surface area (Å²) in [5.41, 5.74) is 1.70. The summed E-state index contributed by atoms with van der Waals surface area (Å²) >= 11 is 17.3. The fourth-order valence-electron chi connectivity index (χ4n) is 1.71. The van der Waals surface area contributed by atoms with E-state index in [0.29, 0.717) is 14.7 Å². The molecule has 2 nitrogen and oxygen atoms in total. The van der Waals surface area contributed by atoms with Crippen LogP contribution >= 0.6 is 35.4 Å². The molecule has 1 aromatic heterocycles. The minimum atomic E-state index is 0.559. The third kappa shape index (κ3) is 3.10. The number of halogens is 2. The largest absolute Gasteiger partial charge is 0.343 e. The highest BCUT2D eigenvalue weighted by molar-refractivity contribution is 7.71. The zero-order chi connectivity index (χ0) is 13.1. The summed E-state index contributed by atoms with van der Waals surface area (Å²) in [5, 5.41) is 1.28. The zero-order valence-corrected chi connectivity index (χ0v) is 12.2.